The van der Waals surface area contributed by atoms with Crippen LogP contribution in [0, 0.1) is 12.8 Å². The fraction of sp³-hybridized carbons (Fsp3) is 0.368. The van der Waals surface area contributed by atoms with Crippen molar-refractivity contribution in [3.63, 3.8) is 0 Å². The van der Waals surface area contributed by atoms with Crippen LogP contribution in [-0.4, -0.2) is 18.0 Å². The van der Waals surface area contributed by atoms with Crippen LogP contribution in [0.5, 0.6) is 0 Å². The third-order valence-electron chi connectivity index (χ3n) is 4.52. The van der Waals surface area contributed by atoms with Gasteiger partial charge in [0, 0.05) is 25.6 Å². The lowest BCUT2D eigenvalue weighted by Gasteiger charge is -2.18. The first-order valence-electron chi connectivity index (χ1n) is 7.56. The van der Waals surface area contributed by atoms with Crippen LogP contribution in [0.25, 0.3) is 0 Å². The zero-order chi connectivity index (χ0) is 13.9. The predicted octanol–water partition coefficient (Wildman–Crippen LogP) is 4.23. The molecule has 3 rings (SSSR count). The van der Waals surface area contributed by atoms with E-state index in [4.69, 9.17) is 0 Å². The van der Waals surface area contributed by atoms with Crippen molar-refractivity contribution >= 4 is 0 Å². The summed E-state index contributed by atoms with van der Waals surface area (Å²) in [5.41, 5.74) is 4.40. The summed E-state index contributed by atoms with van der Waals surface area (Å²) in [6, 6.07) is 19.7. The van der Waals surface area contributed by atoms with Crippen molar-refractivity contribution in [2.45, 2.75) is 26.3 Å². The third kappa shape index (κ3) is 2.78. The summed E-state index contributed by atoms with van der Waals surface area (Å²) in [6.07, 6.45) is 0. The molecule has 1 aliphatic heterocycles. The molecule has 1 nitrogen and oxygen atoms in total. The zero-order valence-corrected chi connectivity index (χ0v) is 12.4. The lowest BCUT2D eigenvalue weighted by atomic mass is 9.88. The molecule has 2 aromatic rings. The van der Waals surface area contributed by atoms with E-state index < -0.39 is 0 Å². The second kappa shape index (κ2) is 5.80. The summed E-state index contributed by atoms with van der Waals surface area (Å²) in [5, 5.41) is 0. The van der Waals surface area contributed by atoms with Crippen LogP contribution < -0.4 is 0 Å². The minimum Gasteiger partial charge on any atom is -0.298 e. The molecule has 0 radical (unpaired) electrons. The van der Waals surface area contributed by atoms with Gasteiger partial charge in [-0.2, -0.15) is 0 Å². The SMILES string of the molecule is Cc1ccccc1[C@@H]1CN(Cc2ccccc2)C[C@H]1C. The van der Waals surface area contributed by atoms with E-state index in [1.54, 1.807) is 0 Å². The molecule has 1 heteroatoms. The summed E-state index contributed by atoms with van der Waals surface area (Å²) < 4.78 is 0. The van der Waals surface area contributed by atoms with E-state index in [1.165, 1.54) is 29.8 Å². The molecule has 1 fully saturated rings. The number of hydrogen-bond acceptors (Lipinski definition) is 1. The van der Waals surface area contributed by atoms with Gasteiger partial charge in [0.25, 0.3) is 0 Å². The van der Waals surface area contributed by atoms with Gasteiger partial charge in [-0.15, -0.1) is 0 Å². The normalized spacial score (nSPS) is 23.1. The smallest absolute Gasteiger partial charge is 0.0234 e. The topological polar surface area (TPSA) is 3.24 Å². The van der Waals surface area contributed by atoms with Crippen LogP contribution in [0.4, 0.5) is 0 Å². The first kappa shape index (κ1) is 13.4. The van der Waals surface area contributed by atoms with Crippen LogP contribution in [0.1, 0.15) is 29.5 Å². The highest BCUT2D eigenvalue weighted by atomic mass is 15.1. The van der Waals surface area contributed by atoms with E-state index in [2.05, 4.69) is 73.3 Å². The average Bonchev–Trinajstić information content (AvgIpc) is 2.81. The maximum absolute atomic E-state index is 2.59. The Kier molecular flexibility index (Phi) is 3.88. The summed E-state index contributed by atoms with van der Waals surface area (Å²) in [7, 11) is 0. The molecule has 1 aliphatic rings. The minimum absolute atomic E-state index is 0.680. The molecule has 0 bridgehead atoms. The van der Waals surface area contributed by atoms with E-state index in [9.17, 15) is 0 Å². The summed E-state index contributed by atoms with van der Waals surface area (Å²) >= 11 is 0. The van der Waals surface area contributed by atoms with Gasteiger partial charge in [0.1, 0.15) is 0 Å². The molecule has 0 amide bonds. The van der Waals surface area contributed by atoms with Gasteiger partial charge in [-0.05, 0) is 29.5 Å². The number of hydrogen-bond donors (Lipinski definition) is 0. The van der Waals surface area contributed by atoms with Crippen molar-refractivity contribution in [1.82, 2.24) is 4.90 Å². The molecule has 0 unspecified atom stereocenters. The Balaban J connectivity index is 1.73. The molecular weight excluding hydrogens is 242 g/mol. The van der Waals surface area contributed by atoms with Crippen molar-refractivity contribution in [2.75, 3.05) is 13.1 Å². The molecule has 2 atom stereocenters. The molecule has 0 saturated carbocycles. The van der Waals surface area contributed by atoms with Crippen molar-refractivity contribution in [2.24, 2.45) is 5.92 Å². The van der Waals surface area contributed by atoms with Crippen LogP contribution in [-0.2, 0) is 6.54 Å². The molecule has 0 aromatic heterocycles. The second-order valence-electron chi connectivity index (χ2n) is 6.12. The molecule has 1 heterocycles. The summed E-state index contributed by atoms with van der Waals surface area (Å²) in [6.45, 7) is 8.09. The Morgan fingerprint density at radius 2 is 1.65 bits per heavy atom. The first-order valence-corrected chi connectivity index (χ1v) is 7.56. The number of rotatable bonds is 3. The quantitative estimate of drug-likeness (QED) is 0.802. The largest absolute Gasteiger partial charge is 0.298 e. The first-order chi connectivity index (χ1) is 9.74. The Morgan fingerprint density at radius 1 is 0.950 bits per heavy atom. The lowest BCUT2D eigenvalue weighted by Crippen LogP contribution is -2.20. The van der Waals surface area contributed by atoms with E-state index >= 15 is 0 Å². The van der Waals surface area contributed by atoms with Crippen LogP contribution in [0.2, 0.25) is 0 Å². The van der Waals surface area contributed by atoms with Gasteiger partial charge in [-0.1, -0.05) is 61.5 Å². The van der Waals surface area contributed by atoms with E-state index in [0.29, 0.717) is 5.92 Å². The third-order valence-corrected chi connectivity index (χ3v) is 4.52. The van der Waals surface area contributed by atoms with Gasteiger partial charge >= 0.3 is 0 Å². The number of benzene rings is 2. The maximum atomic E-state index is 2.59. The Hall–Kier alpha value is -1.60. The lowest BCUT2D eigenvalue weighted by molar-refractivity contribution is 0.319. The molecule has 2 aromatic carbocycles. The maximum Gasteiger partial charge on any atom is 0.0234 e. The Labute approximate surface area is 122 Å². The van der Waals surface area contributed by atoms with Crippen LogP contribution in [0.15, 0.2) is 54.6 Å². The summed E-state index contributed by atoms with van der Waals surface area (Å²) in [4.78, 5) is 2.59. The fourth-order valence-corrected chi connectivity index (χ4v) is 3.45. The molecule has 104 valence electrons. The predicted molar refractivity (Wildman–Crippen MR) is 84.8 cm³/mol. The van der Waals surface area contributed by atoms with Gasteiger partial charge in [-0.3, -0.25) is 4.90 Å². The highest BCUT2D eigenvalue weighted by Gasteiger charge is 2.31. The van der Waals surface area contributed by atoms with Crippen LogP contribution in [0.3, 0.4) is 0 Å². The van der Waals surface area contributed by atoms with Crippen molar-refractivity contribution < 1.29 is 0 Å². The highest BCUT2D eigenvalue weighted by Crippen LogP contribution is 2.34. The van der Waals surface area contributed by atoms with Crippen molar-refractivity contribution in [3.8, 4) is 0 Å². The van der Waals surface area contributed by atoms with Gasteiger partial charge in [0.2, 0.25) is 0 Å². The number of aryl methyl sites for hydroxylation is 1. The second-order valence-corrected chi connectivity index (χ2v) is 6.12. The van der Waals surface area contributed by atoms with E-state index in [-0.39, 0.29) is 0 Å². The molecule has 0 aliphatic carbocycles. The molecule has 0 spiro atoms. The monoisotopic (exact) mass is 265 g/mol. The van der Waals surface area contributed by atoms with Gasteiger partial charge in [0.05, 0.1) is 0 Å². The van der Waals surface area contributed by atoms with Gasteiger partial charge in [0.15, 0.2) is 0 Å². The Bertz CT molecular complexity index is 561. The summed E-state index contributed by atoms with van der Waals surface area (Å²) in [5.74, 6) is 1.42. The number of likely N-dealkylation sites (tertiary alicyclic amines) is 1. The van der Waals surface area contributed by atoms with Crippen molar-refractivity contribution in [1.29, 1.82) is 0 Å². The average molecular weight is 265 g/mol. The van der Waals surface area contributed by atoms with Crippen molar-refractivity contribution in [3.05, 3.63) is 71.3 Å². The van der Waals surface area contributed by atoms with E-state index in [0.717, 1.165) is 12.5 Å². The minimum atomic E-state index is 0.680. The molecule has 0 N–H and O–H groups in total. The Morgan fingerprint density at radius 3 is 2.40 bits per heavy atom. The fourth-order valence-electron chi connectivity index (χ4n) is 3.45. The van der Waals surface area contributed by atoms with E-state index in [1.807, 2.05) is 0 Å². The van der Waals surface area contributed by atoms with Crippen LogP contribution >= 0.6 is 0 Å². The molecule has 1 saturated heterocycles. The molecule has 20 heavy (non-hydrogen) atoms. The standard InChI is InChI=1S/C19H23N/c1-15-8-6-7-11-18(15)19-14-20(12-16(19)2)13-17-9-4-3-5-10-17/h3-11,16,19H,12-14H2,1-2H3/t16-,19-/m1/s1. The number of nitrogens with zero attached hydrogens (tertiary/aromatic N) is 1. The van der Waals surface area contributed by atoms with Gasteiger partial charge in [-0.25, -0.2) is 0 Å². The zero-order valence-electron chi connectivity index (χ0n) is 12.4. The molecular formula is C19H23N. The van der Waals surface area contributed by atoms with Gasteiger partial charge < -0.3 is 0 Å². The highest BCUT2D eigenvalue weighted by molar-refractivity contribution is 5.31.